The molecule has 11 aromatic rings. The quantitative estimate of drug-likeness (QED) is 0.199. The molecule has 0 aliphatic carbocycles. The Morgan fingerprint density at radius 2 is 0.958 bits per heavy atom. The maximum Gasteiger partial charge on any atom is 0.162 e. The molecule has 0 bridgehead atoms. The standard InChI is InChI=1S/C44H26N4/c1-3-14-27(15-4-1)35-26-38(46-44(45-35)28-16-5-2-6-17-28)47-37-25-12-10-21-33(37)40-42(47)32-20-8-7-19-30(32)39-34-23-13-22-31-29-18-9-11-24-36(29)48(41(31)34)43(39)40/h1-26H. The molecule has 0 unspecified atom stereocenters. The van der Waals surface area contributed by atoms with E-state index in [1.54, 1.807) is 0 Å². The molecule has 4 heteroatoms. The van der Waals surface area contributed by atoms with Gasteiger partial charge in [0.1, 0.15) is 5.82 Å². The molecule has 4 aromatic heterocycles. The Morgan fingerprint density at radius 3 is 1.75 bits per heavy atom. The SMILES string of the molecule is c1ccc(-c2cc(-n3c4ccccc4c4c3c3ccccc3c3c5cccc6c7ccccc7n(c65)c34)nc(-c3ccccc3)n2)cc1. The number of rotatable bonds is 3. The smallest absolute Gasteiger partial charge is 0.162 e. The summed E-state index contributed by atoms with van der Waals surface area (Å²) in [6.07, 6.45) is 0. The van der Waals surface area contributed by atoms with E-state index in [0.717, 1.165) is 33.7 Å². The fourth-order valence-corrected chi connectivity index (χ4v) is 8.10. The molecule has 7 aromatic carbocycles. The molecule has 0 amide bonds. The van der Waals surface area contributed by atoms with E-state index in [2.05, 4.69) is 142 Å². The second-order valence-corrected chi connectivity index (χ2v) is 12.6. The van der Waals surface area contributed by atoms with Gasteiger partial charge in [0, 0.05) is 54.9 Å². The predicted octanol–water partition coefficient (Wildman–Crippen LogP) is 11.2. The van der Waals surface area contributed by atoms with E-state index in [4.69, 9.17) is 9.97 Å². The van der Waals surface area contributed by atoms with E-state index in [1.807, 2.05) is 24.3 Å². The minimum atomic E-state index is 0.703. The van der Waals surface area contributed by atoms with Crippen LogP contribution in [0, 0.1) is 0 Å². The fraction of sp³-hybridized carbons (Fsp3) is 0. The predicted molar refractivity (Wildman–Crippen MR) is 199 cm³/mol. The van der Waals surface area contributed by atoms with E-state index >= 15 is 0 Å². The van der Waals surface area contributed by atoms with E-state index in [0.29, 0.717) is 5.82 Å². The molecule has 0 radical (unpaired) electrons. The van der Waals surface area contributed by atoms with Crippen molar-refractivity contribution in [3.8, 4) is 28.5 Å². The van der Waals surface area contributed by atoms with Crippen molar-refractivity contribution >= 4 is 70.7 Å². The fourth-order valence-electron chi connectivity index (χ4n) is 8.10. The van der Waals surface area contributed by atoms with Gasteiger partial charge in [-0.3, -0.25) is 4.57 Å². The van der Waals surface area contributed by atoms with Gasteiger partial charge in [0.15, 0.2) is 5.82 Å². The summed E-state index contributed by atoms with van der Waals surface area (Å²) in [6.45, 7) is 0. The molecule has 0 saturated carbocycles. The maximum absolute atomic E-state index is 5.34. The average molecular weight is 611 g/mol. The van der Waals surface area contributed by atoms with Crippen LogP contribution in [-0.2, 0) is 0 Å². The van der Waals surface area contributed by atoms with Crippen molar-refractivity contribution in [2.24, 2.45) is 0 Å². The molecule has 0 fully saturated rings. The van der Waals surface area contributed by atoms with E-state index in [-0.39, 0.29) is 0 Å². The van der Waals surface area contributed by atoms with Crippen LogP contribution in [0.2, 0.25) is 0 Å². The van der Waals surface area contributed by atoms with Crippen LogP contribution in [-0.4, -0.2) is 18.9 Å². The van der Waals surface area contributed by atoms with Crippen LogP contribution in [0.4, 0.5) is 0 Å². The molecular formula is C44H26N4. The van der Waals surface area contributed by atoms with Crippen LogP contribution in [0.1, 0.15) is 0 Å². The van der Waals surface area contributed by atoms with E-state index < -0.39 is 0 Å². The monoisotopic (exact) mass is 610 g/mol. The Bertz CT molecular complexity index is 2980. The summed E-state index contributed by atoms with van der Waals surface area (Å²) in [5.74, 6) is 1.55. The first kappa shape index (κ1) is 25.6. The zero-order chi connectivity index (χ0) is 31.3. The number of hydrogen-bond donors (Lipinski definition) is 0. The molecular weight excluding hydrogens is 585 g/mol. The lowest BCUT2D eigenvalue weighted by molar-refractivity contribution is 1.05. The van der Waals surface area contributed by atoms with Crippen LogP contribution in [0.5, 0.6) is 0 Å². The van der Waals surface area contributed by atoms with Gasteiger partial charge in [-0.2, -0.15) is 0 Å². The number of benzene rings is 7. The van der Waals surface area contributed by atoms with Gasteiger partial charge in [-0.05, 0) is 17.5 Å². The molecule has 0 spiro atoms. The minimum Gasteiger partial charge on any atom is -0.307 e. The van der Waals surface area contributed by atoms with Crippen molar-refractivity contribution in [2.45, 2.75) is 0 Å². The normalized spacial score (nSPS) is 12.2. The Balaban J connectivity index is 1.39. The van der Waals surface area contributed by atoms with Crippen LogP contribution >= 0.6 is 0 Å². The van der Waals surface area contributed by atoms with Crippen LogP contribution in [0.25, 0.3) is 99.1 Å². The molecule has 11 rings (SSSR count). The minimum absolute atomic E-state index is 0.703. The van der Waals surface area contributed by atoms with Gasteiger partial charge in [0.2, 0.25) is 0 Å². The summed E-state index contributed by atoms with van der Waals surface area (Å²) in [7, 11) is 0. The molecule has 48 heavy (non-hydrogen) atoms. The van der Waals surface area contributed by atoms with Gasteiger partial charge in [-0.15, -0.1) is 0 Å². The first-order chi connectivity index (χ1) is 23.8. The summed E-state index contributed by atoms with van der Waals surface area (Å²) in [4.78, 5) is 10.5. The summed E-state index contributed by atoms with van der Waals surface area (Å²) in [5, 5.41) is 10.0. The third-order valence-electron chi connectivity index (χ3n) is 10.0. The topological polar surface area (TPSA) is 35.1 Å². The van der Waals surface area contributed by atoms with Crippen LogP contribution in [0.3, 0.4) is 0 Å². The first-order valence-corrected chi connectivity index (χ1v) is 16.4. The van der Waals surface area contributed by atoms with Crippen molar-refractivity contribution in [1.82, 2.24) is 18.9 Å². The first-order valence-electron chi connectivity index (χ1n) is 16.4. The summed E-state index contributed by atoms with van der Waals surface area (Å²) in [6, 6.07) is 56.1. The van der Waals surface area contributed by atoms with Gasteiger partial charge in [-0.1, -0.05) is 140 Å². The van der Waals surface area contributed by atoms with Crippen molar-refractivity contribution in [3.63, 3.8) is 0 Å². The Kier molecular flexibility index (Phi) is 5.08. The summed E-state index contributed by atoms with van der Waals surface area (Å²) >= 11 is 0. The zero-order valence-electron chi connectivity index (χ0n) is 25.8. The van der Waals surface area contributed by atoms with Crippen molar-refractivity contribution in [3.05, 3.63) is 158 Å². The summed E-state index contributed by atoms with van der Waals surface area (Å²) < 4.78 is 4.89. The number of fused-ring (bicyclic) bond motifs is 13. The Morgan fingerprint density at radius 1 is 0.375 bits per heavy atom. The molecule has 4 heterocycles. The van der Waals surface area contributed by atoms with Crippen LogP contribution < -0.4 is 0 Å². The molecule has 222 valence electrons. The lowest BCUT2D eigenvalue weighted by Gasteiger charge is -2.13. The Labute approximate surface area is 275 Å². The van der Waals surface area contributed by atoms with Gasteiger partial charge in [0.25, 0.3) is 0 Å². The molecule has 0 N–H and O–H groups in total. The second kappa shape index (κ2) is 9.50. The highest BCUT2D eigenvalue weighted by Crippen LogP contribution is 2.48. The summed E-state index contributed by atoms with van der Waals surface area (Å²) in [5.41, 5.74) is 8.96. The van der Waals surface area contributed by atoms with Crippen molar-refractivity contribution in [2.75, 3.05) is 0 Å². The Hall–Kier alpha value is -6.52. The molecule has 0 aliphatic rings. The number of aromatic nitrogens is 4. The van der Waals surface area contributed by atoms with E-state index in [1.165, 1.54) is 59.6 Å². The van der Waals surface area contributed by atoms with Crippen LogP contribution in [0.15, 0.2) is 158 Å². The zero-order valence-corrected chi connectivity index (χ0v) is 25.8. The van der Waals surface area contributed by atoms with Gasteiger partial charge >= 0.3 is 0 Å². The lowest BCUT2D eigenvalue weighted by atomic mass is 9.98. The largest absolute Gasteiger partial charge is 0.307 e. The highest BCUT2D eigenvalue weighted by Gasteiger charge is 2.26. The molecule has 4 nitrogen and oxygen atoms in total. The number of hydrogen-bond acceptors (Lipinski definition) is 2. The highest BCUT2D eigenvalue weighted by molar-refractivity contribution is 6.39. The van der Waals surface area contributed by atoms with Crippen molar-refractivity contribution < 1.29 is 0 Å². The third-order valence-corrected chi connectivity index (χ3v) is 10.0. The van der Waals surface area contributed by atoms with Gasteiger partial charge in [-0.25, -0.2) is 9.97 Å². The number of nitrogens with zero attached hydrogens (tertiary/aromatic N) is 4. The van der Waals surface area contributed by atoms with Gasteiger partial charge < -0.3 is 4.40 Å². The molecule has 0 aliphatic heterocycles. The lowest BCUT2D eigenvalue weighted by Crippen LogP contribution is -2.03. The van der Waals surface area contributed by atoms with Crippen molar-refractivity contribution in [1.29, 1.82) is 0 Å². The van der Waals surface area contributed by atoms with E-state index in [9.17, 15) is 0 Å². The third kappa shape index (κ3) is 3.33. The molecule has 0 atom stereocenters. The molecule has 0 saturated heterocycles. The number of para-hydroxylation sites is 3. The highest BCUT2D eigenvalue weighted by atomic mass is 15.1. The maximum atomic E-state index is 5.34. The van der Waals surface area contributed by atoms with Gasteiger partial charge in [0.05, 0.1) is 33.3 Å². The second-order valence-electron chi connectivity index (χ2n) is 12.6. The average Bonchev–Trinajstić information content (AvgIpc) is 3.81.